The van der Waals surface area contributed by atoms with Crippen LogP contribution in [0, 0.1) is 0 Å². The molecule has 0 aliphatic rings. The van der Waals surface area contributed by atoms with Gasteiger partial charge in [0.15, 0.2) is 0 Å². The van der Waals surface area contributed by atoms with Crippen LogP contribution in [-0.2, 0) is 23.8 Å². The molecule has 1 rings (SSSR count). The Balaban J connectivity index is 2.73. The summed E-state index contributed by atoms with van der Waals surface area (Å²) in [6.07, 6.45) is 1.48. The Morgan fingerprint density at radius 2 is 1.80 bits per heavy atom. The van der Waals surface area contributed by atoms with Crippen LogP contribution in [0.1, 0.15) is 12.0 Å². The van der Waals surface area contributed by atoms with Gasteiger partial charge in [-0.25, -0.2) is 4.79 Å². The van der Waals surface area contributed by atoms with E-state index in [0.29, 0.717) is 6.61 Å². The van der Waals surface area contributed by atoms with Gasteiger partial charge in [0.25, 0.3) is 0 Å². The van der Waals surface area contributed by atoms with Gasteiger partial charge >= 0.3 is 11.9 Å². The van der Waals surface area contributed by atoms with Gasteiger partial charge < -0.3 is 14.2 Å². The van der Waals surface area contributed by atoms with Gasteiger partial charge in [0.1, 0.15) is 6.61 Å². The van der Waals surface area contributed by atoms with E-state index < -0.39 is 11.9 Å². The number of hydrogen-bond acceptors (Lipinski definition) is 5. The number of carbonyl (C=O) groups is 2. The molecular formula is C15H18O5. The summed E-state index contributed by atoms with van der Waals surface area (Å²) in [7, 11) is 2.79. The first-order valence-corrected chi connectivity index (χ1v) is 6.16. The van der Waals surface area contributed by atoms with Gasteiger partial charge in [0.05, 0.1) is 20.1 Å². The standard InChI is InChI=1S/C15H18O5/c1-18-8-9-20-14(16)11-13(15(17)19-2)10-12-6-4-3-5-7-12/h3-7,10H,8-9,11H2,1-2H3. The van der Waals surface area contributed by atoms with Crippen LogP contribution in [0.3, 0.4) is 0 Å². The first-order chi connectivity index (χ1) is 9.67. The third kappa shape index (κ3) is 5.67. The minimum Gasteiger partial charge on any atom is -0.466 e. The van der Waals surface area contributed by atoms with Crippen LogP contribution in [0.15, 0.2) is 35.9 Å². The number of benzene rings is 1. The van der Waals surface area contributed by atoms with Crippen LogP contribution < -0.4 is 0 Å². The maximum Gasteiger partial charge on any atom is 0.334 e. The SMILES string of the molecule is COCCOC(=O)CC(=Cc1ccccc1)C(=O)OC. The Kier molecular flexibility index (Phi) is 7.06. The first-order valence-electron chi connectivity index (χ1n) is 6.16. The Labute approximate surface area is 118 Å². The molecule has 0 heterocycles. The largest absolute Gasteiger partial charge is 0.466 e. The molecular weight excluding hydrogens is 260 g/mol. The molecule has 5 heteroatoms. The van der Waals surface area contributed by atoms with E-state index >= 15 is 0 Å². The Hall–Kier alpha value is -2.14. The van der Waals surface area contributed by atoms with E-state index in [1.807, 2.05) is 30.3 Å². The number of hydrogen-bond donors (Lipinski definition) is 0. The number of rotatable bonds is 7. The number of methoxy groups -OCH3 is 2. The van der Waals surface area contributed by atoms with Crippen molar-refractivity contribution in [3.8, 4) is 0 Å². The summed E-state index contributed by atoms with van der Waals surface area (Å²) in [5, 5.41) is 0. The van der Waals surface area contributed by atoms with Crippen LogP contribution in [0.25, 0.3) is 6.08 Å². The highest BCUT2D eigenvalue weighted by atomic mass is 16.6. The first kappa shape index (κ1) is 15.9. The minimum absolute atomic E-state index is 0.134. The van der Waals surface area contributed by atoms with Crippen LogP contribution >= 0.6 is 0 Å². The normalized spacial score (nSPS) is 11.0. The number of carbonyl (C=O) groups excluding carboxylic acids is 2. The van der Waals surface area contributed by atoms with Gasteiger partial charge in [-0.15, -0.1) is 0 Å². The second-order valence-electron chi connectivity index (χ2n) is 3.96. The molecule has 0 bridgehead atoms. The van der Waals surface area contributed by atoms with E-state index in [9.17, 15) is 9.59 Å². The van der Waals surface area contributed by atoms with Gasteiger partial charge in [-0.1, -0.05) is 30.3 Å². The zero-order valence-corrected chi connectivity index (χ0v) is 11.6. The molecule has 0 N–H and O–H groups in total. The van der Waals surface area contributed by atoms with Gasteiger partial charge in [0.2, 0.25) is 0 Å². The summed E-state index contributed by atoms with van der Waals surface area (Å²) in [6, 6.07) is 9.22. The topological polar surface area (TPSA) is 61.8 Å². The van der Waals surface area contributed by atoms with Crippen molar-refractivity contribution >= 4 is 18.0 Å². The Bertz CT molecular complexity index is 464. The molecule has 0 saturated heterocycles. The summed E-state index contributed by atoms with van der Waals surface area (Å²) >= 11 is 0. The molecule has 0 spiro atoms. The van der Waals surface area contributed by atoms with E-state index in [4.69, 9.17) is 9.47 Å². The zero-order chi connectivity index (χ0) is 14.8. The molecule has 1 aromatic rings. The van der Waals surface area contributed by atoms with E-state index in [0.717, 1.165) is 5.56 Å². The lowest BCUT2D eigenvalue weighted by Gasteiger charge is -2.07. The summed E-state index contributed by atoms with van der Waals surface area (Å²) in [5.41, 5.74) is 1.07. The molecule has 5 nitrogen and oxygen atoms in total. The van der Waals surface area contributed by atoms with Crippen molar-refractivity contribution in [2.24, 2.45) is 0 Å². The smallest absolute Gasteiger partial charge is 0.334 e. The van der Waals surface area contributed by atoms with E-state index in [-0.39, 0.29) is 18.6 Å². The highest BCUT2D eigenvalue weighted by Crippen LogP contribution is 2.12. The lowest BCUT2D eigenvalue weighted by Crippen LogP contribution is -2.14. The van der Waals surface area contributed by atoms with Gasteiger partial charge in [-0.2, -0.15) is 0 Å². The van der Waals surface area contributed by atoms with Crippen molar-refractivity contribution in [2.45, 2.75) is 6.42 Å². The second-order valence-corrected chi connectivity index (χ2v) is 3.96. The quantitative estimate of drug-likeness (QED) is 0.432. The Morgan fingerprint density at radius 1 is 1.10 bits per heavy atom. The molecule has 0 radical (unpaired) electrons. The predicted molar refractivity (Wildman–Crippen MR) is 73.9 cm³/mol. The molecule has 0 fully saturated rings. The summed E-state index contributed by atoms with van der Waals surface area (Å²) in [4.78, 5) is 23.3. The third-order valence-electron chi connectivity index (χ3n) is 2.47. The fraction of sp³-hybridized carbons (Fsp3) is 0.333. The van der Waals surface area contributed by atoms with Crippen molar-refractivity contribution in [2.75, 3.05) is 27.4 Å². The van der Waals surface area contributed by atoms with Crippen molar-refractivity contribution in [3.05, 3.63) is 41.5 Å². The molecule has 0 aliphatic heterocycles. The lowest BCUT2D eigenvalue weighted by molar-refractivity contribution is -0.146. The molecule has 0 saturated carbocycles. The predicted octanol–water partition coefficient (Wildman–Crippen LogP) is 1.82. The average Bonchev–Trinajstić information content (AvgIpc) is 2.47. The molecule has 0 aliphatic carbocycles. The highest BCUT2D eigenvalue weighted by molar-refractivity contribution is 5.98. The summed E-state index contributed by atoms with van der Waals surface area (Å²) in [5.74, 6) is -1.04. The van der Waals surface area contributed by atoms with Crippen LogP contribution in [-0.4, -0.2) is 39.4 Å². The lowest BCUT2D eigenvalue weighted by atomic mass is 10.1. The van der Waals surface area contributed by atoms with Crippen molar-refractivity contribution in [1.29, 1.82) is 0 Å². The molecule has 0 atom stereocenters. The summed E-state index contributed by atoms with van der Waals surface area (Å²) < 4.78 is 14.4. The molecule has 0 aromatic heterocycles. The van der Waals surface area contributed by atoms with Crippen molar-refractivity contribution in [3.63, 3.8) is 0 Å². The molecule has 1 aromatic carbocycles. The molecule has 20 heavy (non-hydrogen) atoms. The highest BCUT2D eigenvalue weighted by Gasteiger charge is 2.15. The fourth-order valence-electron chi connectivity index (χ4n) is 1.51. The van der Waals surface area contributed by atoms with E-state index in [1.165, 1.54) is 14.2 Å². The molecule has 0 amide bonds. The van der Waals surface area contributed by atoms with E-state index in [2.05, 4.69) is 4.74 Å². The second kappa shape index (κ2) is 8.87. The number of esters is 2. The fourth-order valence-corrected chi connectivity index (χ4v) is 1.51. The average molecular weight is 278 g/mol. The van der Waals surface area contributed by atoms with Crippen LogP contribution in [0.4, 0.5) is 0 Å². The van der Waals surface area contributed by atoms with E-state index in [1.54, 1.807) is 6.08 Å². The molecule has 108 valence electrons. The van der Waals surface area contributed by atoms with Crippen LogP contribution in [0.2, 0.25) is 0 Å². The maximum atomic E-state index is 11.7. The van der Waals surface area contributed by atoms with Crippen LogP contribution in [0.5, 0.6) is 0 Å². The Morgan fingerprint density at radius 3 is 2.40 bits per heavy atom. The monoisotopic (exact) mass is 278 g/mol. The van der Waals surface area contributed by atoms with Crippen molar-refractivity contribution in [1.82, 2.24) is 0 Å². The number of ether oxygens (including phenoxy) is 3. The zero-order valence-electron chi connectivity index (χ0n) is 11.6. The summed E-state index contributed by atoms with van der Waals surface area (Å²) in [6.45, 7) is 0.483. The molecule has 0 unspecified atom stereocenters. The third-order valence-corrected chi connectivity index (χ3v) is 2.47. The minimum atomic E-state index is -0.544. The van der Waals surface area contributed by atoms with Gasteiger partial charge in [0, 0.05) is 12.7 Å². The van der Waals surface area contributed by atoms with Crippen molar-refractivity contribution < 1.29 is 23.8 Å². The maximum absolute atomic E-state index is 11.7. The van der Waals surface area contributed by atoms with Gasteiger partial charge in [-0.3, -0.25) is 4.79 Å². The van der Waals surface area contributed by atoms with Gasteiger partial charge in [-0.05, 0) is 11.6 Å².